The normalized spacial score (nSPS) is 22.7. The number of hydroxylamine groups is 2. The minimum atomic E-state index is -1.28. The van der Waals surface area contributed by atoms with Gasteiger partial charge in [-0.25, -0.2) is 4.79 Å². The Kier molecular flexibility index (Phi) is 8.03. The third kappa shape index (κ3) is 7.16. The van der Waals surface area contributed by atoms with Crippen molar-refractivity contribution >= 4 is 23.7 Å². The molecule has 9 heteroatoms. The first kappa shape index (κ1) is 21.3. The summed E-state index contributed by atoms with van der Waals surface area (Å²) in [6.45, 7) is 9.35. The van der Waals surface area contributed by atoms with Crippen molar-refractivity contribution in [2.24, 2.45) is 5.92 Å². The Labute approximate surface area is 173 Å². The van der Waals surface area contributed by atoms with Gasteiger partial charge in [-0.05, 0) is 31.7 Å². The lowest BCUT2D eigenvalue weighted by molar-refractivity contribution is -0.186. The van der Waals surface area contributed by atoms with Gasteiger partial charge in [0.1, 0.15) is 0 Å². The standard InChI is InChI=1S/C20H32N4O5/c1-14(2)13-23-12-4-5-16(23)20(28)22-10-8-17(25)21-11-9-19(27)29-24-15(3)6-7-18(24)26/h14,16H,3-13H2,1-2H3,(H,21,25)(H,22,28)/i1+1,2+1,13+1,14+1,16D,21+1,22+1. The Balaban J connectivity index is 1.64. The number of allylic oxidation sites excluding steroid dienone is 1. The molecular formula is C20H32N4O5. The van der Waals surface area contributed by atoms with Crippen molar-refractivity contribution in [2.75, 3.05) is 26.2 Å². The molecule has 2 aliphatic heterocycles. The Morgan fingerprint density at radius 2 is 1.97 bits per heavy atom. The summed E-state index contributed by atoms with van der Waals surface area (Å²) in [6, 6.07) is -1.28. The number of carbonyl (C=O) groups is 4. The first-order valence-corrected chi connectivity index (χ1v) is 10.1. The lowest BCUT2D eigenvalue weighted by atomic mass is 10.2. The molecule has 0 bridgehead atoms. The van der Waals surface area contributed by atoms with Gasteiger partial charge in [-0.3, -0.25) is 19.3 Å². The first-order valence-electron chi connectivity index (χ1n) is 10.6. The van der Waals surface area contributed by atoms with Crippen LogP contribution in [0.15, 0.2) is 12.3 Å². The molecule has 0 aromatic carbocycles. The second-order valence-electron chi connectivity index (χ2n) is 7.71. The van der Waals surface area contributed by atoms with E-state index in [-0.39, 0.29) is 50.1 Å². The van der Waals surface area contributed by atoms with Crippen LogP contribution in [0, 0.1) is 5.92 Å². The third-order valence-corrected chi connectivity index (χ3v) is 4.69. The molecule has 2 rings (SSSR count). The van der Waals surface area contributed by atoms with Crippen molar-refractivity contribution in [3.05, 3.63) is 12.3 Å². The second-order valence-corrected chi connectivity index (χ2v) is 7.71. The summed E-state index contributed by atoms with van der Waals surface area (Å²) in [6.07, 6.45) is 1.97. The Morgan fingerprint density at radius 1 is 1.24 bits per heavy atom. The second kappa shape index (κ2) is 10.9. The highest BCUT2D eigenvalue weighted by Crippen LogP contribution is 2.21. The van der Waals surface area contributed by atoms with Gasteiger partial charge in [-0.2, -0.15) is 0 Å². The van der Waals surface area contributed by atoms with E-state index in [1.807, 2.05) is 4.90 Å². The Hall–Kier alpha value is -2.42. The molecule has 2 saturated heterocycles. The van der Waals surface area contributed by atoms with Gasteiger partial charge in [-0.15, -0.1) is 5.06 Å². The van der Waals surface area contributed by atoms with E-state index in [1.165, 1.54) is 0 Å². The molecular weight excluding hydrogens is 382 g/mol. The Bertz CT molecular complexity index is 683. The lowest BCUT2D eigenvalue weighted by Gasteiger charge is -2.25. The largest absolute Gasteiger partial charge is 0.355 e. The van der Waals surface area contributed by atoms with E-state index in [1.54, 1.807) is 0 Å². The van der Waals surface area contributed by atoms with E-state index >= 15 is 0 Å². The van der Waals surface area contributed by atoms with Crippen LogP contribution in [-0.4, -0.2) is 65.9 Å². The molecule has 2 fully saturated rings. The molecule has 2 N–H and O–H groups in total. The van der Waals surface area contributed by atoms with Crippen molar-refractivity contribution in [3.8, 4) is 0 Å². The molecule has 0 spiro atoms. The summed E-state index contributed by atoms with van der Waals surface area (Å²) in [7, 11) is 0. The van der Waals surface area contributed by atoms with E-state index in [9.17, 15) is 19.2 Å². The summed E-state index contributed by atoms with van der Waals surface area (Å²) in [5.41, 5.74) is 0.439. The van der Waals surface area contributed by atoms with Gasteiger partial charge in [0.2, 0.25) is 11.8 Å². The highest BCUT2D eigenvalue weighted by molar-refractivity contribution is 5.83. The predicted octanol–water partition coefficient (Wildman–Crippen LogP) is 0.714. The quantitative estimate of drug-likeness (QED) is 0.402. The van der Waals surface area contributed by atoms with E-state index < -0.39 is 12.0 Å². The molecule has 2 aliphatic rings. The zero-order valence-electron chi connectivity index (χ0n) is 18.3. The number of rotatable bonds is 10. The number of carbonyl (C=O) groups excluding carboxylic acids is 4. The van der Waals surface area contributed by atoms with Gasteiger partial charge in [0, 0.05) is 32.5 Å². The van der Waals surface area contributed by atoms with Crippen molar-refractivity contribution in [1.82, 2.24) is 20.6 Å². The first-order chi connectivity index (χ1) is 14.1. The van der Waals surface area contributed by atoms with Crippen LogP contribution in [0.25, 0.3) is 0 Å². The van der Waals surface area contributed by atoms with Crippen LogP contribution in [0.3, 0.4) is 0 Å². The van der Waals surface area contributed by atoms with Gasteiger partial charge in [0.15, 0.2) is 0 Å². The van der Waals surface area contributed by atoms with Gasteiger partial charge in [-0.1, -0.05) is 20.4 Å². The van der Waals surface area contributed by atoms with Crippen molar-refractivity contribution in [1.29, 1.82) is 0 Å². The Morgan fingerprint density at radius 3 is 2.62 bits per heavy atom. The predicted molar refractivity (Wildman–Crippen MR) is 106 cm³/mol. The van der Waals surface area contributed by atoms with Crippen LogP contribution in [-0.2, 0) is 24.0 Å². The molecule has 0 saturated carbocycles. The van der Waals surface area contributed by atoms with Gasteiger partial charge in [0.25, 0.3) is 5.91 Å². The number of amides is 3. The van der Waals surface area contributed by atoms with E-state index in [0.29, 0.717) is 31.0 Å². The van der Waals surface area contributed by atoms with Crippen LogP contribution in [0.4, 0.5) is 0 Å². The van der Waals surface area contributed by atoms with Crippen LogP contribution >= 0.6 is 0 Å². The number of nitrogens with one attached hydrogen (secondary N) is 2. The monoisotopic (exact) mass is 415 g/mol. The average Bonchev–Trinajstić information content (AvgIpc) is 3.19. The van der Waals surface area contributed by atoms with E-state index in [2.05, 4.69) is 31.1 Å². The fourth-order valence-corrected chi connectivity index (χ4v) is 3.31. The summed E-state index contributed by atoms with van der Waals surface area (Å²) >= 11 is 0. The molecule has 1 atom stereocenters. The smallest absolute Gasteiger partial charge is 0.334 e. The molecule has 0 aromatic rings. The summed E-state index contributed by atoms with van der Waals surface area (Å²) in [4.78, 5) is 54.5. The SMILES string of the molecule is [2H]C1(C(=O)[15NH]CCC(=O)[15NH]CCC(=O)ON2C(=C)CCC2=O)CCCN1[13CH2][13CH]([13CH3])[13CH3]. The molecule has 162 valence electrons. The lowest BCUT2D eigenvalue weighted by Crippen LogP contribution is -2.45. The van der Waals surface area contributed by atoms with E-state index in [4.69, 9.17) is 6.21 Å². The number of hydrogen-bond donors (Lipinski definition) is 2. The van der Waals surface area contributed by atoms with Gasteiger partial charge in [0.05, 0.1) is 19.5 Å². The fraction of sp³-hybridized carbons (Fsp3) is 0.700. The molecule has 0 aromatic heterocycles. The summed E-state index contributed by atoms with van der Waals surface area (Å²) in [5, 5.41) is 6.16. The van der Waals surface area contributed by atoms with Crippen molar-refractivity contribution in [3.63, 3.8) is 0 Å². The number of nitrogens with zero attached hydrogens (tertiary/aromatic N) is 2. The van der Waals surface area contributed by atoms with Crippen LogP contribution in [0.1, 0.15) is 53.7 Å². The number of likely N-dealkylation sites (tertiary alicyclic amines) is 1. The maximum absolute atomic E-state index is 12.5. The maximum atomic E-state index is 12.5. The molecule has 0 radical (unpaired) electrons. The molecule has 29 heavy (non-hydrogen) atoms. The minimum absolute atomic E-state index is 0.0441. The highest BCUT2D eigenvalue weighted by Gasteiger charge is 2.30. The number of hydrogen-bond acceptors (Lipinski definition) is 6. The topological polar surface area (TPSA) is 108 Å². The molecule has 1 unspecified atom stereocenters. The highest BCUT2D eigenvalue weighted by atomic mass is 16.7. The zero-order valence-corrected chi connectivity index (χ0v) is 17.3. The summed E-state index contributed by atoms with van der Waals surface area (Å²) < 4.78 is 8.53. The minimum Gasteiger partial charge on any atom is -0.355 e. The maximum Gasteiger partial charge on any atom is 0.334 e. The average molecular weight is 415 g/mol. The molecule has 9 nitrogen and oxygen atoms in total. The summed E-state index contributed by atoms with van der Waals surface area (Å²) in [5.74, 6) is -1.29. The van der Waals surface area contributed by atoms with Crippen LogP contribution < -0.4 is 10.6 Å². The van der Waals surface area contributed by atoms with Crippen molar-refractivity contribution in [2.45, 2.75) is 58.4 Å². The van der Waals surface area contributed by atoms with E-state index in [0.717, 1.165) is 18.0 Å². The van der Waals surface area contributed by atoms with Crippen molar-refractivity contribution < 1.29 is 25.4 Å². The van der Waals surface area contributed by atoms with Gasteiger partial charge < -0.3 is 15.5 Å². The molecule has 3 amide bonds. The van der Waals surface area contributed by atoms with Gasteiger partial charge >= 0.3 is 5.97 Å². The van der Waals surface area contributed by atoms with Crippen LogP contribution in [0.5, 0.6) is 0 Å². The molecule has 0 aliphatic carbocycles. The van der Waals surface area contributed by atoms with Crippen LogP contribution in [0.2, 0.25) is 0 Å². The fourth-order valence-electron chi connectivity index (χ4n) is 3.31. The molecule has 2 heterocycles. The zero-order chi connectivity index (χ0) is 22.3. The third-order valence-electron chi connectivity index (χ3n) is 4.69.